The smallest absolute Gasteiger partial charge is 0.282 e. The van der Waals surface area contributed by atoms with Gasteiger partial charge in [-0.05, 0) is 18.2 Å². The molecule has 0 spiro atoms. The Hall–Kier alpha value is -1.78. The highest BCUT2D eigenvalue weighted by Crippen LogP contribution is 2.26. The molecule has 8 nitrogen and oxygen atoms in total. The maximum Gasteiger partial charge on any atom is 0.282 e. The SMILES string of the molecule is O=c1ccc(-c2ccc(Cl)cc2)nn1C1CN(S(=O)(=O)N2CCOCC2)C1. The number of benzene rings is 1. The molecule has 10 heteroatoms. The zero-order valence-electron chi connectivity index (χ0n) is 14.5. The standard InChI is InChI=1S/C17H19ClN4O4S/c18-14-3-1-13(2-4-14)16-5-6-17(23)22(19-16)15-11-21(12-15)27(24,25)20-7-9-26-10-8-20/h1-6,15H,7-12H2. The molecule has 0 amide bonds. The number of morpholine rings is 1. The summed E-state index contributed by atoms with van der Waals surface area (Å²) in [6.07, 6.45) is 0. The van der Waals surface area contributed by atoms with Crippen LogP contribution in [-0.2, 0) is 14.9 Å². The summed E-state index contributed by atoms with van der Waals surface area (Å²) in [6.45, 7) is 1.98. The molecule has 3 heterocycles. The summed E-state index contributed by atoms with van der Waals surface area (Å²) in [5, 5.41) is 5.05. The first-order valence-electron chi connectivity index (χ1n) is 8.64. The molecule has 2 saturated heterocycles. The van der Waals surface area contributed by atoms with E-state index in [0.717, 1.165) is 5.56 Å². The lowest BCUT2D eigenvalue weighted by Crippen LogP contribution is -2.58. The van der Waals surface area contributed by atoms with Crippen molar-refractivity contribution >= 4 is 21.8 Å². The quantitative estimate of drug-likeness (QED) is 0.750. The molecule has 0 bridgehead atoms. The van der Waals surface area contributed by atoms with Crippen LogP contribution in [0.1, 0.15) is 6.04 Å². The predicted octanol–water partition coefficient (Wildman–Crippen LogP) is 0.997. The number of rotatable bonds is 4. The van der Waals surface area contributed by atoms with Gasteiger partial charge in [0.2, 0.25) is 0 Å². The molecule has 4 rings (SSSR count). The van der Waals surface area contributed by atoms with Gasteiger partial charge in [0.1, 0.15) is 0 Å². The van der Waals surface area contributed by atoms with Crippen molar-refractivity contribution in [1.29, 1.82) is 0 Å². The van der Waals surface area contributed by atoms with Gasteiger partial charge in [-0.15, -0.1) is 0 Å². The molecule has 1 aromatic carbocycles. The fraction of sp³-hybridized carbons (Fsp3) is 0.412. The highest BCUT2D eigenvalue weighted by atomic mass is 35.5. The van der Waals surface area contributed by atoms with Crippen LogP contribution in [0.4, 0.5) is 0 Å². The summed E-state index contributed by atoms with van der Waals surface area (Å²) in [5.41, 5.74) is 1.23. The Morgan fingerprint density at radius 2 is 1.67 bits per heavy atom. The Labute approximate surface area is 162 Å². The molecule has 0 radical (unpaired) electrons. The number of aromatic nitrogens is 2. The number of nitrogens with zero attached hydrogens (tertiary/aromatic N) is 4. The van der Waals surface area contributed by atoms with E-state index in [2.05, 4.69) is 5.10 Å². The minimum absolute atomic E-state index is 0.233. The number of halogens is 1. The Bertz CT molecular complexity index is 981. The largest absolute Gasteiger partial charge is 0.379 e. The van der Waals surface area contributed by atoms with Gasteiger partial charge in [-0.1, -0.05) is 23.7 Å². The van der Waals surface area contributed by atoms with Gasteiger partial charge in [0.25, 0.3) is 15.8 Å². The van der Waals surface area contributed by atoms with Gasteiger partial charge in [0.05, 0.1) is 24.9 Å². The Morgan fingerprint density at radius 3 is 2.33 bits per heavy atom. The van der Waals surface area contributed by atoms with Crippen LogP contribution in [0, 0.1) is 0 Å². The van der Waals surface area contributed by atoms with Crippen LogP contribution in [0.15, 0.2) is 41.2 Å². The minimum Gasteiger partial charge on any atom is -0.379 e. The maximum absolute atomic E-state index is 12.6. The first-order chi connectivity index (χ1) is 12.9. The predicted molar refractivity (Wildman–Crippen MR) is 101 cm³/mol. The van der Waals surface area contributed by atoms with Crippen LogP contribution < -0.4 is 5.56 Å². The molecule has 0 unspecified atom stereocenters. The van der Waals surface area contributed by atoms with Crippen molar-refractivity contribution in [2.24, 2.45) is 0 Å². The van der Waals surface area contributed by atoms with E-state index in [4.69, 9.17) is 16.3 Å². The summed E-state index contributed by atoms with van der Waals surface area (Å²) in [7, 11) is -3.52. The molecule has 2 aromatic rings. The van der Waals surface area contributed by atoms with E-state index < -0.39 is 10.2 Å². The van der Waals surface area contributed by atoms with Crippen molar-refractivity contribution in [3.8, 4) is 11.3 Å². The molecule has 1 aromatic heterocycles. The van der Waals surface area contributed by atoms with E-state index in [1.807, 2.05) is 12.1 Å². The van der Waals surface area contributed by atoms with Crippen LogP contribution in [0.5, 0.6) is 0 Å². The van der Waals surface area contributed by atoms with E-state index in [9.17, 15) is 13.2 Å². The first kappa shape index (κ1) is 18.6. The fourth-order valence-corrected chi connectivity index (χ4v) is 4.95. The van der Waals surface area contributed by atoms with E-state index in [1.165, 1.54) is 19.4 Å². The second-order valence-corrected chi connectivity index (χ2v) is 8.86. The summed E-state index contributed by atoms with van der Waals surface area (Å²) in [4.78, 5) is 12.2. The van der Waals surface area contributed by atoms with Crippen LogP contribution in [0.2, 0.25) is 5.02 Å². The molecule has 144 valence electrons. The average molecular weight is 411 g/mol. The summed E-state index contributed by atoms with van der Waals surface area (Å²) in [6, 6.07) is 10.0. The molecular formula is C17H19ClN4O4S. The summed E-state index contributed by atoms with van der Waals surface area (Å²) in [5.74, 6) is 0. The molecule has 2 aliphatic heterocycles. The van der Waals surface area contributed by atoms with Crippen LogP contribution in [-0.4, -0.2) is 66.2 Å². The summed E-state index contributed by atoms with van der Waals surface area (Å²) < 4.78 is 34.6. The van der Waals surface area contributed by atoms with Gasteiger partial charge >= 0.3 is 0 Å². The highest BCUT2D eigenvalue weighted by Gasteiger charge is 2.41. The Morgan fingerprint density at radius 1 is 1.00 bits per heavy atom. The van der Waals surface area contributed by atoms with Gasteiger partial charge in [-0.2, -0.15) is 22.1 Å². The first-order valence-corrected chi connectivity index (χ1v) is 10.4. The van der Waals surface area contributed by atoms with E-state index >= 15 is 0 Å². The second kappa shape index (κ2) is 7.33. The Kier molecular flexibility index (Phi) is 5.04. The topological polar surface area (TPSA) is 84.7 Å². The summed E-state index contributed by atoms with van der Waals surface area (Å²) >= 11 is 5.91. The minimum atomic E-state index is -3.52. The molecule has 2 aliphatic rings. The van der Waals surface area contributed by atoms with Crippen molar-refractivity contribution in [1.82, 2.24) is 18.4 Å². The van der Waals surface area contributed by atoms with Crippen molar-refractivity contribution in [3.63, 3.8) is 0 Å². The highest BCUT2D eigenvalue weighted by molar-refractivity contribution is 7.86. The number of hydrogen-bond donors (Lipinski definition) is 0. The lowest BCUT2D eigenvalue weighted by atomic mass is 10.1. The lowest BCUT2D eigenvalue weighted by Gasteiger charge is -2.41. The second-order valence-electron chi connectivity index (χ2n) is 6.50. The van der Waals surface area contributed by atoms with Gasteiger partial charge < -0.3 is 4.74 Å². The van der Waals surface area contributed by atoms with Crippen molar-refractivity contribution in [3.05, 3.63) is 51.8 Å². The van der Waals surface area contributed by atoms with Crippen molar-refractivity contribution < 1.29 is 13.2 Å². The van der Waals surface area contributed by atoms with Crippen molar-refractivity contribution in [2.75, 3.05) is 39.4 Å². The third kappa shape index (κ3) is 3.65. The van der Waals surface area contributed by atoms with Gasteiger partial charge in [-0.3, -0.25) is 4.79 Å². The molecular weight excluding hydrogens is 392 g/mol. The van der Waals surface area contributed by atoms with E-state index in [0.29, 0.717) is 37.0 Å². The number of ether oxygens (including phenoxy) is 1. The van der Waals surface area contributed by atoms with Gasteiger partial charge in [0, 0.05) is 42.8 Å². The van der Waals surface area contributed by atoms with E-state index in [-0.39, 0.29) is 24.7 Å². The molecule has 2 fully saturated rings. The molecule has 0 N–H and O–H groups in total. The fourth-order valence-electron chi connectivity index (χ4n) is 3.16. The Balaban J connectivity index is 1.51. The van der Waals surface area contributed by atoms with Crippen molar-refractivity contribution in [2.45, 2.75) is 6.04 Å². The van der Waals surface area contributed by atoms with Gasteiger partial charge in [-0.25, -0.2) is 4.68 Å². The van der Waals surface area contributed by atoms with Crippen LogP contribution >= 0.6 is 11.6 Å². The van der Waals surface area contributed by atoms with Gasteiger partial charge in [0.15, 0.2) is 0 Å². The zero-order valence-corrected chi connectivity index (χ0v) is 16.1. The molecule has 27 heavy (non-hydrogen) atoms. The van der Waals surface area contributed by atoms with Crippen LogP contribution in [0.3, 0.4) is 0 Å². The zero-order chi connectivity index (χ0) is 19.0. The maximum atomic E-state index is 12.6. The number of hydrogen-bond acceptors (Lipinski definition) is 5. The molecule has 0 saturated carbocycles. The third-order valence-electron chi connectivity index (χ3n) is 4.76. The molecule has 0 atom stereocenters. The lowest BCUT2D eigenvalue weighted by molar-refractivity contribution is 0.0661. The average Bonchev–Trinajstić information content (AvgIpc) is 2.63. The van der Waals surface area contributed by atoms with E-state index in [1.54, 1.807) is 18.2 Å². The normalized spacial score (nSPS) is 19.7. The monoisotopic (exact) mass is 410 g/mol. The van der Waals surface area contributed by atoms with Crippen LogP contribution in [0.25, 0.3) is 11.3 Å². The molecule has 0 aliphatic carbocycles. The third-order valence-corrected chi connectivity index (χ3v) is 6.98.